The van der Waals surface area contributed by atoms with E-state index in [9.17, 15) is 0 Å². The van der Waals surface area contributed by atoms with Gasteiger partial charge in [-0.05, 0) is 23.7 Å². The van der Waals surface area contributed by atoms with Crippen molar-refractivity contribution in [3.8, 4) is 0 Å². The van der Waals surface area contributed by atoms with Crippen molar-refractivity contribution in [1.29, 1.82) is 0 Å². The maximum absolute atomic E-state index is 3.93. The number of hydrogen-bond acceptors (Lipinski definition) is 2. The molecule has 1 aromatic rings. The molecule has 10 heavy (non-hydrogen) atoms. The first-order valence-electron chi connectivity index (χ1n) is 3.53. The fourth-order valence-corrected chi connectivity index (χ4v) is 2.54. The van der Waals surface area contributed by atoms with Crippen molar-refractivity contribution < 1.29 is 0 Å². The van der Waals surface area contributed by atoms with Crippen LogP contribution in [-0.4, -0.2) is 21.7 Å². The van der Waals surface area contributed by atoms with E-state index in [4.69, 9.17) is 0 Å². The van der Waals surface area contributed by atoms with Gasteiger partial charge in [0.2, 0.25) is 0 Å². The fraction of sp³-hybridized carbons (Fsp3) is 0.571. The molecule has 0 radical (unpaired) electrons. The van der Waals surface area contributed by atoms with Crippen LogP contribution in [0.4, 0.5) is 0 Å². The van der Waals surface area contributed by atoms with Crippen LogP contribution in [0.15, 0.2) is 12.4 Å². The topological polar surface area (TPSA) is 28.7 Å². The Kier molecular flexibility index (Phi) is 1.67. The van der Waals surface area contributed by atoms with Gasteiger partial charge in [0.05, 0.1) is 6.20 Å². The molecule has 0 amide bonds. The SMILES string of the molecule is c1n[nH]cc1C1CCSC1. The second-order valence-corrected chi connectivity index (χ2v) is 3.74. The molecule has 0 aromatic carbocycles. The van der Waals surface area contributed by atoms with Crippen molar-refractivity contribution in [2.75, 3.05) is 11.5 Å². The number of thioether (sulfide) groups is 1. The number of H-pyrrole nitrogens is 1. The van der Waals surface area contributed by atoms with Crippen LogP contribution in [-0.2, 0) is 0 Å². The predicted octanol–water partition coefficient (Wildman–Crippen LogP) is 1.63. The Hall–Kier alpha value is -0.440. The van der Waals surface area contributed by atoms with E-state index in [1.807, 2.05) is 24.2 Å². The first-order valence-corrected chi connectivity index (χ1v) is 4.69. The third-order valence-electron chi connectivity index (χ3n) is 1.92. The molecule has 2 heterocycles. The van der Waals surface area contributed by atoms with Crippen molar-refractivity contribution in [1.82, 2.24) is 10.2 Å². The lowest BCUT2D eigenvalue weighted by Crippen LogP contribution is -1.92. The van der Waals surface area contributed by atoms with E-state index in [0.29, 0.717) is 0 Å². The third kappa shape index (κ3) is 1.06. The average Bonchev–Trinajstić information content (AvgIpc) is 2.59. The zero-order valence-corrected chi connectivity index (χ0v) is 6.53. The normalized spacial score (nSPS) is 25.4. The molecule has 1 fully saturated rings. The predicted molar refractivity (Wildman–Crippen MR) is 43.3 cm³/mol. The van der Waals surface area contributed by atoms with Gasteiger partial charge in [-0.3, -0.25) is 5.10 Å². The number of aromatic nitrogens is 2. The smallest absolute Gasteiger partial charge is 0.0522 e. The van der Waals surface area contributed by atoms with Crippen LogP contribution in [0.5, 0.6) is 0 Å². The standard InChI is InChI=1S/C7H10N2S/c1-2-10-5-6(1)7-3-8-9-4-7/h3-4,6H,1-2,5H2,(H,8,9). The molecule has 2 rings (SSSR count). The average molecular weight is 154 g/mol. The molecule has 1 aliphatic rings. The Morgan fingerprint density at radius 1 is 1.70 bits per heavy atom. The van der Waals surface area contributed by atoms with E-state index in [1.165, 1.54) is 23.5 Å². The highest BCUT2D eigenvalue weighted by Crippen LogP contribution is 2.31. The lowest BCUT2D eigenvalue weighted by Gasteiger charge is -2.01. The molecular formula is C7H10N2S. The lowest BCUT2D eigenvalue weighted by atomic mass is 10.0. The number of nitrogens with one attached hydrogen (secondary N) is 1. The van der Waals surface area contributed by atoms with E-state index in [1.54, 1.807) is 0 Å². The number of rotatable bonds is 1. The monoisotopic (exact) mass is 154 g/mol. The molecule has 3 heteroatoms. The molecule has 0 aliphatic carbocycles. The summed E-state index contributed by atoms with van der Waals surface area (Å²) in [5.41, 5.74) is 1.38. The first kappa shape index (κ1) is 6.28. The van der Waals surface area contributed by atoms with Gasteiger partial charge < -0.3 is 0 Å². The Balaban J connectivity index is 2.12. The molecule has 1 atom stereocenters. The van der Waals surface area contributed by atoms with Crippen molar-refractivity contribution >= 4 is 11.8 Å². The summed E-state index contributed by atoms with van der Waals surface area (Å²) in [6, 6.07) is 0. The van der Waals surface area contributed by atoms with Crippen LogP contribution in [0.25, 0.3) is 0 Å². The maximum atomic E-state index is 3.93. The molecule has 2 nitrogen and oxygen atoms in total. The molecular weight excluding hydrogens is 144 g/mol. The quantitative estimate of drug-likeness (QED) is 0.666. The summed E-state index contributed by atoms with van der Waals surface area (Å²) < 4.78 is 0. The third-order valence-corrected chi connectivity index (χ3v) is 3.08. The molecule has 1 saturated heterocycles. The highest BCUT2D eigenvalue weighted by molar-refractivity contribution is 7.99. The van der Waals surface area contributed by atoms with Crippen molar-refractivity contribution in [2.45, 2.75) is 12.3 Å². The van der Waals surface area contributed by atoms with Crippen LogP contribution in [0, 0.1) is 0 Å². The van der Waals surface area contributed by atoms with E-state index < -0.39 is 0 Å². The van der Waals surface area contributed by atoms with Gasteiger partial charge in [-0.25, -0.2) is 0 Å². The van der Waals surface area contributed by atoms with E-state index >= 15 is 0 Å². The summed E-state index contributed by atoms with van der Waals surface area (Å²) in [7, 11) is 0. The van der Waals surface area contributed by atoms with E-state index in [-0.39, 0.29) is 0 Å². The van der Waals surface area contributed by atoms with Crippen molar-refractivity contribution in [2.24, 2.45) is 0 Å². The van der Waals surface area contributed by atoms with Gasteiger partial charge in [0.15, 0.2) is 0 Å². The zero-order valence-electron chi connectivity index (χ0n) is 5.71. The first-order chi connectivity index (χ1) is 4.97. The van der Waals surface area contributed by atoms with E-state index in [2.05, 4.69) is 10.2 Å². The lowest BCUT2D eigenvalue weighted by molar-refractivity contribution is 0.783. The molecule has 0 saturated carbocycles. The second kappa shape index (κ2) is 2.66. The maximum Gasteiger partial charge on any atom is 0.0522 e. The summed E-state index contributed by atoms with van der Waals surface area (Å²) in [5, 5.41) is 6.78. The van der Waals surface area contributed by atoms with Crippen LogP contribution >= 0.6 is 11.8 Å². The highest BCUT2D eigenvalue weighted by Gasteiger charge is 2.17. The van der Waals surface area contributed by atoms with Gasteiger partial charge in [-0.2, -0.15) is 16.9 Å². The largest absolute Gasteiger partial charge is 0.285 e. The highest BCUT2D eigenvalue weighted by atomic mass is 32.2. The van der Waals surface area contributed by atoms with Crippen molar-refractivity contribution in [3.63, 3.8) is 0 Å². The summed E-state index contributed by atoms with van der Waals surface area (Å²) in [6.45, 7) is 0. The summed E-state index contributed by atoms with van der Waals surface area (Å²) in [4.78, 5) is 0. The minimum atomic E-state index is 0.767. The number of aromatic amines is 1. The Labute approximate surface area is 64.4 Å². The Bertz CT molecular complexity index is 189. The molecule has 54 valence electrons. The van der Waals surface area contributed by atoms with Gasteiger partial charge in [-0.15, -0.1) is 0 Å². The Morgan fingerprint density at radius 3 is 3.30 bits per heavy atom. The minimum absolute atomic E-state index is 0.767. The molecule has 1 unspecified atom stereocenters. The van der Waals surface area contributed by atoms with Gasteiger partial charge in [0.25, 0.3) is 0 Å². The molecule has 1 N–H and O–H groups in total. The van der Waals surface area contributed by atoms with Gasteiger partial charge in [-0.1, -0.05) is 0 Å². The number of nitrogens with zero attached hydrogens (tertiary/aromatic N) is 1. The van der Waals surface area contributed by atoms with Crippen molar-refractivity contribution in [3.05, 3.63) is 18.0 Å². The second-order valence-electron chi connectivity index (χ2n) is 2.59. The minimum Gasteiger partial charge on any atom is -0.285 e. The van der Waals surface area contributed by atoms with Gasteiger partial charge in [0, 0.05) is 11.9 Å². The van der Waals surface area contributed by atoms with E-state index in [0.717, 1.165) is 5.92 Å². The zero-order chi connectivity index (χ0) is 6.81. The summed E-state index contributed by atoms with van der Waals surface area (Å²) >= 11 is 2.04. The number of hydrogen-bond donors (Lipinski definition) is 1. The molecule has 0 spiro atoms. The van der Waals surface area contributed by atoms with Crippen LogP contribution in [0.2, 0.25) is 0 Å². The van der Waals surface area contributed by atoms with Crippen LogP contribution < -0.4 is 0 Å². The van der Waals surface area contributed by atoms with Crippen LogP contribution in [0.3, 0.4) is 0 Å². The van der Waals surface area contributed by atoms with Gasteiger partial charge in [0.1, 0.15) is 0 Å². The molecule has 0 bridgehead atoms. The van der Waals surface area contributed by atoms with Crippen LogP contribution in [0.1, 0.15) is 17.9 Å². The molecule has 1 aromatic heterocycles. The Morgan fingerprint density at radius 2 is 2.70 bits per heavy atom. The molecule has 1 aliphatic heterocycles. The fourth-order valence-electron chi connectivity index (χ4n) is 1.28. The van der Waals surface area contributed by atoms with Gasteiger partial charge >= 0.3 is 0 Å². The summed E-state index contributed by atoms with van der Waals surface area (Å²) in [5.74, 6) is 3.36. The summed E-state index contributed by atoms with van der Waals surface area (Å²) in [6.07, 6.45) is 5.28.